The molecule has 2 aromatic rings. The molecule has 2 nitrogen and oxygen atoms in total. The zero-order chi connectivity index (χ0) is 15.6. The van der Waals surface area contributed by atoms with E-state index in [1.54, 1.807) is 0 Å². The molecule has 0 aliphatic carbocycles. The Morgan fingerprint density at radius 1 is 1.10 bits per heavy atom. The molecule has 0 fully saturated rings. The van der Waals surface area contributed by atoms with Crippen LogP contribution in [0.2, 0.25) is 5.02 Å². The van der Waals surface area contributed by atoms with Gasteiger partial charge in [0.25, 0.3) is 0 Å². The highest BCUT2D eigenvalue weighted by Crippen LogP contribution is 2.27. The summed E-state index contributed by atoms with van der Waals surface area (Å²) in [6.45, 7) is 0. The van der Waals surface area contributed by atoms with E-state index in [4.69, 9.17) is 11.6 Å². The number of ketones is 1. The van der Waals surface area contributed by atoms with Crippen LogP contribution in [0, 0.1) is 0 Å². The van der Waals surface area contributed by atoms with E-state index in [9.17, 15) is 18.0 Å². The van der Waals surface area contributed by atoms with Crippen molar-refractivity contribution in [3.8, 4) is 5.75 Å². The monoisotopic (exact) mass is 378 g/mol. The molecular weight excluding hydrogens is 373 g/mol. The zero-order valence-corrected chi connectivity index (χ0v) is 12.6. The standard InChI is InChI=1S/C14H7BrClF3O2/c15-11-7-9(4-5-12(11)16)13(20)8-2-1-3-10(6-8)21-14(17,18)19/h1-7H. The number of ether oxygens (including phenoxy) is 1. The summed E-state index contributed by atoms with van der Waals surface area (Å²) in [6, 6.07) is 9.41. The molecule has 0 N–H and O–H groups in total. The van der Waals surface area contributed by atoms with Crippen LogP contribution in [0.4, 0.5) is 13.2 Å². The van der Waals surface area contributed by atoms with Gasteiger partial charge in [0, 0.05) is 15.6 Å². The van der Waals surface area contributed by atoms with Crippen molar-refractivity contribution in [1.29, 1.82) is 0 Å². The maximum Gasteiger partial charge on any atom is 0.573 e. The third kappa shape index (κ3) is 4.22. The average molecular weight is 380 g/mol. The first-order chi connectivity index (χ1) is 9.76. The molecule has 0 amide bonds. The van der Waals surface area contributed by atoms with Crippen LogP contribution in [0.1, 0.15) is 15.9 Å². The van der Waals surface area contributed by atoms with Crippen molar-refractivity contribution in [3.63, 3.8) is 0 Å². The lowest BCUT2D eigenvalue weighted by molar-refractivity contribution is -0.274. The Kier molecular flexibility index (Phi) is 4.58. The SMILES string of the molecule is O=C(c1cccc(OC(F)(F)F)c1)c1ccc(Cl)c(Br)c1. The van der Waals surface area contributed by atoms with Gasteiger partial charge in [0.2, 0.25) is 0 Å². The van der Waals surface area contributed by atoms with Crippen molar-refractivity contribution >= 4 is 33.3 Å². The molecule has 0 aliphatic heterocycles. The van der Waals surface area contributed by atoms with Crippen molar-refractivity contribution in [3.05, 3.63) is 63.1 Å². The summed E-state index contributed by atoms with van der Waals surface area (Å²) in [7, 11) is 0. The van der Waals surface area contributed by atoms with Gasteiger partial charge in [-0.2, -0.15) is 0 Å². The topological polar surface area (TPSA) is 26.3 Å². The Hall–Kier alpha value is -1.53. The predicted octanol–water partition coefficient (Wildman–Crippen LogP) is 5.23. The summed E-state index contributed by atoms with van der Waals surface area (Å²) in [5.74, 6) is -0.874. The number of rotatable bonds is 3. The minimum atomic E-state index is -4.80. The second-order valence-electron chi connectivity index (χ2n) is 4.03. The van der Waals surface area contributed by atoms with Gasteiger partial charge < -0.3 is 4.74 Å². The van der Waals surface area contributed by atoms with Crippen LogP contribution < -0.4 is 4.74 Å². The van der Waals surface area contributed by atoms with Crippen LogP contribution >= 0.6 is 27.5 Å². The van der Waals surface area contributed by atoms with Crippen LogP contribution in [0.3, 0.4) is 0 Å². The maximum absolute atomic E-state index is 12.2. The fourth-order valence-corrected chi connectivity index (χ4v) is 2.13. The zero-order valence-electron chi connectivity index (χ0n) is 10.2. The number of hydrogen-bond acceptors (Lipinski definition) is 2. The predicted molar refractivity (Wildman–Crippen MR) is 75.7 cm³/mol. The highest BCUT2D eigenvalue weighted by Gasteiger charge is 2.31. The summed E-state index contributed by atoms with van der Waals surface area (Å²) in [4.78, 5) is 12.2. The summed E-state index contributed by atoms with van der Waals surface area (Å²) in [5, 5.41) is 0.431. The first-order valence-electron chi connectivity index (χ1n) is 5.62. The molecule has 0 aromatic heterocycles. The molecule has 0 spiro atoms. The van der Waals surface area contributed by atoms with Crippen LogP contribution in [0.15, 0.2) is 46.9 Å². The van der Waals surface area contributed by atoms with E-state index < -0.39 is 17.9 Å². The van der Waals surface area contributed by atoms with E-state index in [0.29, 0.717) is 15.1 Å². The van der Waals surface area contributed by atoms with E-state index >= 15 is 0 Å². The average Bonchev–Trinajstić information content (AvgIpc) is 2.39. The smallest absolute Gasteiger partial charge is 0.406 e. The lowest BCUT2D eigenvalue weighted by atomic mass is 10.0. The van der Waals surface area contributed by atoms with Gasteiger partial charge >= 0.3 is 6.36 Å². The molecule has 0 aliphatic rings. The first kappa shape index (κ1) is 15.9. The second kappa shape index (κ2) is 6.07. The van der Waals surface area contributed by atoms with E-state index in [2.05, 4.69) is 20.7 Å². The van der Waals surface area contributed by atoms with Gasteiger partial charge in [0.05, 0.1) is 5.02 Å². The van der Waals surface area contributed by atoms with E-state index in [0.717, 1.165) is 12.1 Å². The number of carbonyl (C=O) groups excluding carboxylic acids is 1. The summed E-state index contributed by atoms with van der Waals surface area (Å²) in [6.07, 6.45) is -4.80. The van der Waals surface area contributed by atoms with Crippen LogP contribution in [0.5, 0.6) is 5.75 Å². The molecule has 0 bridgehead atoms. The van der Waals surface area contributed by atoms with Crippen molar-refractivity contribution in [1.82, 2.24) is 0 Å². The Labute approximate surface area is 131 Å². The largest absolute Gasteiger partial charge is 0.573 e. The van der Waals surface area contributed by atoms with Crippen molar-refractivity contribution < 1.29 is 22.7 Å². The van der Waals surface area contributed by atoms with Gasteiger partial charge in [-0.3, -0.25) is 4.79 Å². The highest BCUT2D eigenvalue weighted by atomic mass is 79.9. The number of carbonyl (C=O) groups is 1. The fourth-order valence-electron chi connectivity index (χ4n) is 1.64. The number of halogens is 5. The van der Waals surface area contributed by atoms with Crippen LogP contribution in [-0.2, 0) is 0 Å². The minimum absolute atomic E-state index is 0.0889. The van der Waals surface area contributed by atoms with Crippen LogP contribution in [-0.4, -0.2) is 12.1 Å². The molecule has 0 saturated heterocycles. The molecule has 2 aromatic carbocycles. The van der Waals surface area contributed by atoms with Crippen molar-refractivity contribution in [2.45, 2.75) is 6.36 Å². The van der Waals surface area contributed by atoms with Gasteiger partial charge in [0.1, 0.15) is 5.75 Å². The van der Waals surface area contributed by atoms with E-state index in [1.807, 2.05) is 0 Å². The second-order valence-corrected chi connectivity index (χ2v) is 5.30. The molecule has 0 radical (unpaired) electrons. The van der Waals surface area contributed by atoms with E-state index in [-0.39, 0.29) is 5.56 Å². The third-order valence-corrected chi connectivity index (χ3v) is 3.73. The van der Waals surface area contributed by atoms with Crippen LogP contribution in [0.25, 0.3) is 0 Å². The number of alkyl halides is 3. The molecule has 0 unspecified atom stereocenters. The number of hydrogen-bond donors (Lipinski definition) is 0. The molecular formula is C14H7BrClF3O2. The quantitative estimate of drug-likeness (QED) is 0.683. The maximum atomic E-state index is 12.2. The number of benzene rings is 2. The summed E-state index contributed by atoms with van der Waals surface area (Å²) in [5.41, 5.74) is 0.390. The van der Waals surface area contributed by atoms with Gasteiger partial charge in [-0.25, -0.2) is 0 Å². The molecule has 0 saturated carbocycles. The van der Waals surface area contributed by atoms with Crippen molar-refractivity contribution in [2.75, 3.05) is 0 Å². The summed E-state index contributed by atoms with van der Waals surface area (Å²) < 4.78 is 40.8. The van der Waals surface area contributed by atoms with E-state index in [1.165, 1.54) is 30.3 Å². The minimum Gasteiger partial charge on any atom is -0.406 e. The van der Waals surface area contributed by atoms with Gasteiger partial charge in [-0.1, -0.05) is 23.7 Å². The Balaban J connectivity index is 2.31. The molecule has 7 heteroatoms. The Morgan fingerprint density at radius 3 is 2.38 bits per heavy atom. The van der Waals surface area contributed by atoms with Gasteiger partial charge in [-0.05, 0) is 46.3 Å². The Morgan fingerprint density at radius 2 is 1.76 bits per heavy atom. The fraction of sp³-hybridized carbons (Fsp3) is 0.0714. The highest BCUT2D eigenvalue weighted by molar-refractivity contribution is 9.10. The normalized spacial score (nSPS) is 11.3. The molecule has 21 heavy (non-hydrogen) atoms. The Bertz CT molecular complexity index is 686. The lowest BCUT2D eigenvalue weighted by Crippen LogP contribution is -2.17. The molecule has 0 atom stereocenters. The first-order valence-corrected chi connectivity index (χ1v) is 6.79. The molecule has 110 valence electrons. The third-order valence-electron chi connectivity index (χ3n) is 2.51. The van der Waals surface area contributed by atoms with Gasteiger partial charge in [-0.15, -0.1) is 13.2 Å². The van der Waals surface area contributed by atoms with Gasteiger partial charge in [0.15, 0.2) is 5.78 Å². The van der Waals surface area contributed by atoms with Crippen molar-refractivity contribution in [2.24, 2.45) is 0 Å². The summed E-state index contributed by atoms with van der Waals surface area (Å²) >= 11 is 9.01. The molecule has 2 rings (SSSR count). The lowest BCUT2D eigenvalue weighted by Gasteiger charge is -2.10. The molecule has 0 heterocycles.